The van der Waals surface area contributed by atoms with E-state index in [1.165, 1.54) is 11.3 Å². The van der Waals surface area contributed by atoms with Crippen molar-refractivity contribution in [3.8, 4) is 0 Å². The van der Waals surface area contributed by atoms with Gasteiger partial charge in [0.2, 0.25) is 5.78 Å². The van der Waals surface area contributed by atoms with Gasteiger partial charge in [-0.05, 0) is 12.1 Å². The van der Waals surface area contributed by atoms with Crippen LogP contribution < -0.4 is 11.5 Å². The van der Waals surface area contributed by atoms with Crippen LogP contribution in [-0.4, -0.2) is 20.7 Å². The van der Waals surface area contributed by atoms with Gasteiger partial charge in [0, 0.05) is 5.56 Å². The van der Waals surface area contributed by atoms with Crippen molar-refractivity contribution in [2.45, 2.75) is 0 Å². The molecule has 3 heterocycles. The monoisotopic (exact) mass is 371 g/mol. The largest absolute Gasteiger partial charge is 0.397 e. The minimum atomic E-state index is -0.148. The first-order valence-corrected chi connectivity index (χ1v) is 9.09. The Morgan fingerprint density at radius 2 is 1.48 bits per heavy atom. The third kappa shape index (κ3) is 2.32. The van der Waals surface area contributed by atoms with Gasteiger partial charge in [-0.1, -0.05) is 42.5 Å². The summed E-state index contributed by atoms with van der Waals surface area (Å²) in [4.78, 5) is 27.6. The molecule has 0 aliphatic rings. The third-order valence-corrected chi connectivity index (χ3v) is 5.55. The number of fused-ring (bicyclic) bond motifs is 3. The number of ketones is 1. The van der Waals surface area contributed by atoms with Gasteiger partial charge in [-0.15, -0.1) is 11.3 Å². The molecule has 0 radical (unpaired) electrons. The van der Waals surface area contributed by atoms with E-state index in [4.69, 9.17) is 11.5 Å². The molecule has 0 aliphatic heterocycles. The lowest BCUT2D eigenvalue weighted by atomic mass is 10.1. The lowest BCUT2D eigenvalue weighted by molar-refractivity contribution is 0.104. The third-order valence-electron chi connectivity index (χ3n) is 4.45. The zero-order valence-electron chi connectivity index (χ0n) is 14.0. The SMILES string of the molecule is Nc1c(C(=O)c2ccccc2)sc2nc3nc4ccccc4nc3c(N)c12. The van der Waals surface area contributed by atoms with Crippen molar-refractivity contribution in [3.05, 3.63) is 65.0 Å². The van der Waals surface area contributed by atoms with Crippen molar-refractivity contribution in [1.29, 1.82) is 0 Å². The van der Waals surface area contributed by atoms with Crippen molar-refractivity contribution in [2.24, 2.45) is 0 Å². The summed E-state index contributed by atoms with van der Waals surface area (Å²) in [6.45, 7) is 0. The number of nitrogen functional groups attached to an aromatic ring is 2. The number of hydrogen-bond acceptors (Lipinski definition) is 7. The van der Waals surface area contributed by atoms with Crippen molar-refractivity contribution < 1.29 is 4.79 Å². The van der Waals surface area contributed by atoms with E-state index in [2.05, 4.69) is 15.0 Å². The maximum atomic E-state index is 12.9. The molecule has 5 aromatic rings. The Morgan fingerprint density at radius 3 is 2.22 bits per heavy atom. The maximum Gasteiger partial charge on any atom is 0.205 e. The number of para-hydroxylation sites is 2. The van der Waals surface area contributed by atoms with Crippen molar-refractivity contribution in [1.82, 2.24) is 15.0 Å². The molecule has 0 bridgehead atoms. The lowest BCUT2D eigenvalue weighted by Crippen LogP contribution is -2.02. The van der Waals surface area contributed by atoms with Crippen molar-refractivity contribution in [3.63, 3.8) is 0 Å². The number of aromatic nitrogens is 3. The number of pyridine rings is 1. The van der Waals surface area contributed by atoms with Crippen molar-refractivity contribution in [2.75, 3.05) is 11.5 Å². The first-order valence-electron chi connectivity index (χ1n) is 8.27. The van der Waals surface area contributed by atoms with Crippen LogP contribution >= 0.6 is 11.3 Å². The Labute approximate surface area is 157 Å². The predicted molar refractivity (Wildman–Crippen MR) is 109 cm³/mol. The van der Waals surface area contributed by atoms with E-state index in [0.29, 0.717) is 43.2 Å². The van der Waals surface area contributed by atoms with Crippen LogP contribution in [-0.2, 0) is 0 Å². The van der Waals surface area contributed by atoms with Crippen LogP contribution in [0.25, 0.3) is 32.4 Å². The van der Waals surface area contributed by atoms with Gasteiger partial charge >= 0.3 is 0 Å². The molecule has 0 spiro atoms. The van der Waals surface area contributed by atoms with Gasteiger partial charge in [-0.2, -0.15) is 0 Å². The van der Waals surface area contributed by atoms with E-state index in [1.807, 2.05) is 42.5 Å². The minimum absolute atomic E-state index is 0.148. The van der Waals surface area contributed by atoms with Crippen LogP contribution in [0.5, 0.6) is 0 Å². The number of hydrogen-bond donors (Lipinski definition) is 2. The van der Waals surface area contributed by atoms with E-state index in [-0.39, 0.29) is 5.78 Å². The van der Waals surface area contributed by atoms with E-state index in [9.17, 15) is 4.79 Å². The summed E-state index contributed by atoms with van der Waals surface area (Å²) in [5, 5.41) is 0.566. The number of benzene rings is 2. The molecule has 130 valence electrons. The highest BCUT2D eigenvalue weighted by atomic mass is 32.1. The standard InChI is InChI=1S/C20H13N5OS/c21-14-13-15(22)18(17(26)10-6-2-1-3-7-10)27-20(13)25-19-16(14)23-11-8-4-5-9-12(11)24-19/h1-9H,22H2,(H2,21,24,25). The molecule has 4 N–H and O–H groups in total. The Morgan fingerprint density at radius 1 is 0.815 bits per heavy atom. The lowest BCUT2D eigenvalue weighted by Gasteiger charge is -2.05. The topological polar surface area (TPSA) is 108 Å². The van der Waals surface area contributed by atoms with Gasteiger partial charge in [0.25, 0.3) is 0 Å². The quantitative estimate of drug-likeness (QED) is 0.361. The van der Waals surface area contributed by atoms with Gasteiger partial charge in [-0.3, -0.25) is 4.79 Å². The van der Waals surface area contributed by atoms with Crippen molar-refractivity contribution >= 4 is 60.9 Å². The Balaban J connectivity index is 1.80. The summed E-state index contributed by atoms with van der Waals surface area (Å²) in [6.07, 6.45) is 0. The predicted octanol–water partition coefficient (Wildman–Crippen LogP) is 3.79. The van der Waals surface area contributed by atoms with E-state index in [1.54, 1.807) is 12.1 Å². The zero-order chi connectivity index (χ0) is 18.5. The fourth-order valence-electron chi connectivity index (χ4n) is 3.12. The molecule has 0 atom stereocenters. The molecular formula is C20H13N5OS. The summed E-state index contributed by atoms with van der Waals surface area (Å²) in [5.41, 5.74) is 16.4. The van der Waals surface area contributed by atoms with Crippen LogP contribution in [0.3, 0.4) is 0 Å². The summed E-state index contributed by atoms with van der Waals surface area (Å²) >= 11 is 1.23. The first-order chi connectivity index (χ1) is 13.1. The van der Waals surface area contributed by atoms with Gasteiger partial charge < -0.3 is 11.5 Å². The summed E-state index contributed by atoms with van der Waals surface area (Å²) < 4.78 is 0. The fourth-order valence-corrected chi connectivity index (χ4v) is 4.19. The second-order valence-corrected chi connectivity index (χ2v) is 7.13. The molecule has 0 unspecified atom stereocenters. The molecule has 0 saturated carbocycles. The maximum absolute atomic E-state index is 12.9. The highest BCUT2D eigenvalue weighted by molar-refractivity contribution is 7.21. The normalized spacial score (nSPS) is 11.4. The summed E-state index contributed by atoms with van der Waals surface area (Å²) in [7, 11) is 0. The van der Waals surface area contributed by atoms with Crippen LogP contribution in [0.1, 0.15) is 15.2 Å². The van der Waals surface area contributed by atoms with Crippen LogP contribution in [0.15, 0.2) is 54.6 Å². The second kappa shape index (κ2) is 5.72. The number of carbonyl (C=O) groups excluding carboxylic acids is 1. The molecule has 0 fully saturated rings. The van der Waals surface area contributed by atoms with Gasteiger partial charge in [0.05, 0.1) is 27.8 Å². The summed E-state index contributed by atoms with van der Waals surface area (Å²) in [6, 6.07) is 16.5. The molecule has 3 aromatic heterocycles. The van der Waals surface area contributed by atoms with Gasteiger partial charge in [0.15, 0.2) is 5.65 Å². The van der Waals surface area contributed by atoms with Crippen LogP contribution in [0.4, 0.5) is 11.4 Å². The molecule has 0 saturated heterocycles. The Bertz CT molecular complexity index is 1360. The van der Waals surface area contributed by atoms with Crippen LogP contribution in [0, 0.1) is 0 Å². The molecule has 0 amide bonds. The number of thiophene rings is 1. The van der Waals surface area contributed by atoms with Gasteiger partial charge in [-0.25, -0.2) is 15.0 Å². The first kappa shape index (κ1) is 15.7. The summed E-state index contributed by atoms with van der Waals surface area (Å²) in [5.74, 6) is -0.148. The smallest absolute Gasteiger partial charge is 0.205 e. The molecule has 27 heavy (non-hydrogen) atoms. The zero-order valence-corrected chi connectivity index (χ0v) is 14.8. The second-order valence-electron chi connectivity index (χ2n) is 6.13. The van der Waals surface area contributed by atoms with E-state index in [0.717, 1.165) is 11.0 Å². The number of anilines is 2. The molecule has 2 aromatic carbocycles. The highest BCUT2D eigenvalue weighted by Gasteiger charge is 2.22. The molecule has 5 rings (SSSR count). The molecule has 0 aliphatic carbocycles. The number of nitrogens with zero attached hydrogens (tertiary/aromatic N) is 3. The molecule has 6 nitrogen and oxygen atoms in total. The van der Waals surface area contributed by atoms with Crippen LogP contribution in [0.2, 0.25) is 0 Å². The average molecular weight is 371 g/mol. The fraction of sp³-hybridized carbons (Fsp3) is 0. The number of rotatable bonds is 2. The van der Waals surface area contributed by atoms with Gasteiger partial charge in [0.1, 0.15) is 15.2 Å². The highest BCUT2D eigenvalue weighted by Crippen LogP contribution is 2.39. The van der Waals surface area contributed by atoms with E-state index >= 15 is 0 Å². The Kier molecular flexibility index (Phi) is 3.32. The number of nitrogens with two attached hydrogens (primary N) is 2. The number of carbonyl (C=O) groups is 1. The Hall–Kier alpha value is -3.58. The minimum Gasteiger partial charge on any atom is -0.397 e. The van der Waals surface area contributed by atoms with E-state index < -0.39 is 0 Å². The average Bonchev–Trinajstić information content (AvgIpc) is 3.03. The molecular weight excluding hydrogens is 358 g/mol. The molecule has 7 heteroatoms.